The average Bonchev–Trinajstić information content (AvgIpc) is 3.54. The van der Waals surface area contributed by atoms with Crippen LogP contribution in [0.2, 0.25) is 0 Å². The van der Waals surface area contributed by atoms with Crippen LogP contribution in [0.4, 0.5) is 11.6 Å². The Labute approximate surface area is 209 Å². The van der Waals surface area contributed by atoms with Crippen LogP contribution in [0.15, 0.2) is 68.4 Å². The molecule has 0 radical (unpaired) electrons. The van der Waals surface area contributed by atoms with Crippen molar-refractivity contribution in [2.45, 2.75) is 0 Å². The molecule has 12 heteroatoms. The van der Waals surface area contributed by atoms with E-state index in [2.05, 4.69) is 5.10 Å². The van der Waals surface area contributed by atoms with Crippen molar-refractivity contribution in [3.05, 3.63) is 74.6 Å². The lowest BCUT2D eigenvalue weighted by molar-refractivity contribution is -0.402. The molecule has 0 bridgehead atoms. The molecule has 2 heterocycles. The van der Waals surface area contributed by atoms with Gasteiger partial charge < -0.3 is 23.4 Å². The normalized spacial score (nSPS) is 11.6. The van der Waals surface area contributed by atoms with Gasteiger partial charge in [-0.1, -0.05) is 0 Å². The minimum Gasteiger partial charge on any atom is -0.497 e. The third-order valence-electron chi connectivity index (χ3n) is 5.04. The van der Waals surface area contributed by atoms with Crippen molar-refractivity contribution in [1.29, 1.82) is 0 Å². The Morgan fingerprint density at radius 1 is 0.972 bits per heavy atom. The molecule has 2 aromatic carbocycles. The van der Waals surface area contributed by atoms with Crippen LogP contribution in [0.3, 0.4) is 0 Å². The predicted molar refractivity (Wildman–Crippen MR) is 134 cm³/mol. The molecule has 0 N–H and O–H groups in total. The summed E-state index contributed by atoms with van der Waals surface area (Å²) in [6, 6.07) is 13.6. The van der Waals surface area contributed by atoms with Crippen molar-refractivity contribution >= 4 is 29.1 Å². The molecule has 0 aliphatic carbocycles. The monoisotopic (exact) mass is 510 g/mol. The zero-order chi connectivity index (χ0) is 25.7. The zero-order valence-corrected chi connectivity index (χ0v) is 20.6. The number of methoxy groups -OCH3 is 4. The molecular formula is C24H22N4O7S. The van der Waals surface area contributed by atoms with Crippen LogP contribution in [-0.2, 0) is 0 Å². The van der Waals surface area contributed by atoms with E-state index >= 15 is 0 Å². The van der Waals surface area contributed by atoms with Crippen LogP contribution in [-0.4, -0.2) is 44.3 Å². The molecule has 186 valence electrons. The van der Waals surface area contributed by atoms with Gasteiger partial charge in [-0.25, -0.2) is 9.67 Å². The van der Waals surface area contributed by atoms with Crippen molar-refractivity contribution in [2.24, 2.45) is 10.1 Å². The zero-order valence-electron chi connectivity index (χ0n) is 19.8. The first-order valence-corrected chi connectivity index (χ1v) is 11.3. The fourth-order valence-corrected chi connectivity index (χ4v) is 4.16. The summed E-state index contributed by atoms with van der Waals surface area (Å²) in [6.45, 7) is 0. The smallest absolute Gasteiger partial charge is 0.433 e. The van der Waals surface area contributed by atoms with Crippen LogP contribution < -0.4 is 23.7 Å². The van der Waals surface area contributed by atoms with Crippen molar-refractivity contribution in [2.75, 3.05) is 28.4 Å². The Bertz CT molecular complexity index is 1440. The quantitative estimate of drug-likeness (QED) is 0.179. The first kappa shape index (κ1) is 24.5. The van der Waals surface area contributed by atoms with E-state index in [4.69, 9.17) is 28.4 Å². The minimum atomic E-state index is -0.610. The maximum absolute atomic E-state index is 11.0. The number of ether oxygens (including phenoxy) is 4. The number of thiazole rings is 1. The molecule has 11 nitrogen and oxygen atoms in total. The molecule has 2 aromatic heterocycles. The molecule has 0 fully saturated rings. The van der Waals surface area contributed by atoms with Gasteiger partial charge in [0.15, 0.2) is 17.3 Å². The molecule has 0 amide bonds. The number of benzene rings is 2. The summed E-state index contributed by atoms with van der Waals surface area (Å²) in [5.41, 5.74) is 2.08. The van der Waals surface area contributed by atoms with Crippen LogP contribution in [0.1, 0.15) is 5.76 Å². The fourth-order valence-electron chi connectivity index (χ4n) is 3.31. The maximum atomic E-state index is 11.0. The topological polar surface area (TPSA) is 123 Å². The highest BCUT2D eigenvalue weighted by molar-refractivity contribution is 7.07. The van der Waals surface area contributed by atoms with Gasteiger partial charge in [-0.15, -0.1) is 11.3 Å². The highest BCUT2D eigenvalue weighted by Crippen LogP contribution is 2.41. The average molecular weight is 511 g/mol. The summed E-state index contributed by atoms with van der Waals surface area (Å²) >= 11 is 1.36. The fraction of sp³-hybridized carbons (Fsp3) is 0.167. The first-order valence-electron chi connectivity index (χ1n) is 10.5. The van der Waals surface area contributed by atoms with E-state index in [1.807, 2.05) is 29.6 Å². The Morgan fingerprint density at radius 2 is 1.67 bits per heavy atom. The molecule has 0 aliphatic rings. The van der Waals surface area contributed by atoms with Gasteiger partial charge in [0, 0.05) is 10.9 Å². The number of aromatic nitrogens is 1. The van der Waals surface area contributed by atoms with Crippen LogP contribution in [0.25, 0.3) is 11.3 Å². The van der Waals surface area contributed by atoms with Crippen molar-refractivity contribution in [3.63, 3.8) is 0 Å². The Balaban J connectivity index is 1.87. The SMILES string of the molecule is COc1ccc(N=c2scc(-c3cc(OC)c(OC)c(OC)c3)n2N=Cc2ccc([N+](=O)[O-])o2)cc1. The second-order valence-electron chi connectivity index (χ2n) is 7.12. The number of rotatable bonds is 9. The van der Waals surface area contributed by atoms with E-state index in [9.17, 15) is 10.1 Å². The number of furan rings is 1. The van der Waals surface area contributed by atoms with Gasteiger partial charge in [-0.3, -0.25) is 10.1 Å². The lowest BCUT2D eigenvalue weighted by Crippen LogP contribution is -2.11. The molecule has 0 atom stereocenters. The first-order chi connectivity index (χ1) is 17.5. The molecular weight excluding hydrogens is 488 g/mol. The van der Waals surface area contributed by atoms with Gasteiger partial charge in [0.25, 0.3) is 0 Å². The Kier molecular flexibility index (Phi) is 7.35. The third kappa shape index (κ3) is 5.08. The summed E-state index contributed by atoms with van der Waals surface area (Å²) in [6.07, 6.45) is 1.38. The second kappa shape index (κ2) is 10.8. The van der Waals surface area contributed by atoms with Crippen LogP contribution in [0.5, 0.6) is 23.0 Å². The van der Waals surface area contributed by atoms with E-state index in [0.717, 1.165) is 5.56 Å². The lowest BCUT2D eigenvalue weighted by Gasteiger charge is -2.14. The third-order valence-corrected chi connectivity index (χ3v) is 5.85. The summed E-state index contributed by atoms with van der Waals surface area (Å²) < 4.78 is 28.5. The number of hydrogen-bond acceptors (Lipinski definition) is 10. The summed E-state index contributed by atoms with van der Waals surface area (Å²) in [7, 11) is 6.20. The summed E-state index contributed by atoms with van der Waals surface area (Å²) in [4.78, 5) is 15.6. The van der Waals surface area contributed by atoms with Crippen molar-refractivity contribution in [3.8, 4) is 34.3 Å². The van der Waals surface area contributed by atoms with E-state index in [0.29, 0.717) is 39.2 Å². The van der Waals surface area contributed by atoms with Crippen LogP contribution in [0, 0.1) is 10.1 Å². The Hall–Kier alpha value is -4.58. The summed E-state index contributed by atoms with van der Waals surface area (Å²) in [5.74, 6) is 1.96. The van der Waals surface area contributed by atoms with Crippen LogP contribution >= 0.6 is 11.3 Å². The van der Waals surface area contributed by atoms with E-state index in [1.165, 1.54) is 51.0 Å². The standard InChI is InChI=1S/C24H22N4O7S/c1-31-17-7-5-16(6-8-17)26-24-27(25-13-18-9-10-22(35-18)28(29)30)19(14-36-24)15-11-20(32-2)23(34-4)21(12-15)33-3/h5-14H,1-4H3. The van der Waals surface area contributed by atoms with Gasteiger partial charge in [0.2, 0.25) is 10.6 Å². The van der Waals surface area contributed by atoms with Crippen molar-refractivity contribution < 1.29 is 28.3 Å². The van der Waals surface area contributed by atoms with E-state index in [1.54, 1.807) is 23.9 Å². The predicted octanol–water partition coefficient (Wildman–Crippen LogP) is 4.87. The van der Waals surface area contributed by atoms with Gasteiger partial charge in [0.1, 0.15) is 10.7 Å². The maximum Gasteiger partial charge on any atom is 0.433 e. The lowest BCUT2D eigenvalue weighted by atomic mass is 10.1. The molecule has 36 heavy (non-hydrogen) atoms. The second-order valence-corrected chi connectivity index (χ2v) is 7.95. The molecule has 0 saturated carbocycles. The minimum absolute atomic E-state index is 0.214. The van der Waals surface area contributed by atoms with E-state index in [-0.39, 0.29) is 11.6 Å². The highest BCUT2D eigenvalue weighted by Gasteiger charge is 2.17. The Morgan fingerprint density at radius 3 is 2.22 bits per heavy atom. The largest absolute Gasteiger partial charge is 0.497 e. The van der Waals surface area contributed by atoms with Gasteiger partial charge in [-0.05, 0) is 42.5 Å². The number of hydrogen-bond donors (Lipinski definition) is 0. The van der Waals surface area contributed by atoms with Crippen molar-refractivity contribution in [1.82, 2.24) is 4.68 Å². The molecule has 4 rings (SSSR count). The van der Waals surface area contributed by atoms with Gasteiger partial charge >= 0.3 is 5.88 Å². The molecule has 0 aliphatic heterocycles. The van der Waals surface area contributed by atoms with Gasteiger partial charge in [-0.2, -0.15) is 5.10 Å². The highest BCUT2D eigenvalue weighted by atomic mass is 32.1. The summed E-state index contributed by atoms with van der Waals surface area (Å²) in [5, 5.41) is 17.4. The molecule has 0 spiro atoms. The number of nitrogens with zero attached hydrogens (tertiary/aromatic N) is 4. The molecule has 4 aromatic rings. The van der Waals surface area contributed by atoms with Gasteiger partial charge in [0.05, 0.1) is 52.1 Å². The molecule has 0 unspecified atom stereocenters. The molecule has 0 saturated heterocycles. The number of nitro groups is 1. The van der Waals surface area contributed by atoms with E-state index < -0.39 is 4.92 Å².